The Balaban J connectivity index is 1.57. The number of nitriles is 1. The summed E-state index contributed by atoms with van der Waals surface area (Å²) in [6.07, 6.45) is 0.132. The Hall–Kier alpha value is -2.66. The van der Waals surface area contributed by atoms with E-state index in [1.807, 2.05) is 6.07 Å². The molecule has 29 heavy (non-hydrogen) atoms. The number of halogens is 3. The smallest absolute Gasteiger partial charge is 0.356 e. The monoisotopic (exact) mass is 401 g/mol. The molecule has 152 valence electrons. The molecular weight excluding hydrogens is 379 g/mol. The molecule has 2 aliphatic rings. The highest BCUT2D eigenvalue weighted by molar-refractivity contribution is 5.64. The van der Waals surface area contributed by atoms with Gasteiger partial charge in [-0.3, -0.25) is 0 Å². The zero-order chi connectivity index (χ0) is 20.4. The second-order valence-corrected chi connectivity index (χ2v) is 7.59. The van der Waals surface area contributed by atoms with Gasteiger partial charge in [-0.1, -0.05) is 12.1 Å². The zero-order valence-corrected chi connectivity index (χ0v) is 16.0. The minimum Gasteiger partial charge on any atom is -0.356 e. The summed E-state index contributed by atoms with van der Waals surface area (Å²) < 4.78 is 39.2. The summed E-state index contributed by atoms with van der Waals surface area (Å²) in [5.41, 5.74) is -0.0775. The lowest BCUT2D eigenvalue weighted by Gasteiger charge is -2.37. The first-order chi connectivity index (χ1) is 13.9. The quantitative estimate of drug-likeness (QED) is 0.775. The van der Waals surface area contributed by atoms with Crippen LogP contribution < -0.4 is 4.90 Å². The van der Waals surface area contributed by atoms with Crippen LogP contribution in [0.4, 0.5) is 19.0 Å². The number of hydrogen-bond acceptors (Lipinski definition) is 5. The third kappa shape index (κ3) is 4.35. The van der Waals surface area contributed by atoms with E-state index in [0.717, 1.165) is 51.2 Å². The fourth-order valence-corrected chi connectivity index (χ4v) is 4.22. The van der Waals surface area contributed by atoms with Crippen LogP contribution >= 0.6 is 0 Å². The van der Waals surface area contributed by atoms with Gasteiger partial charge in [-0.25, -0.2) is 9.97 Å². The molecule has 0 amide bonds. The van der Waals surface area contributed by atoms with Gasteiger partial charge in [-0.05, 0) is 50.9 Å². The van der Waals surface area contributed by atoms with Crippen molar-refractivity contribution in [1.29, 1.82) is 5.26 Å². The number of aromatic nitrogens is 2. The van der Waals surface area contributed by atoms with E-state index in [1.54, 1.807) is 12.1 Å². The summed E-state index contributed by atoms with van der Waals surface area (Å²) >= 11 is 0. The summed E-state index contributed by atoms with van der Waals surface area (Å²) in [5, 5.41) is 9.32. The Morgan fingerprint density at radius 2 is 1.72 bits per heavy atom. The summed E-state index contributed by atoms with van der Waals surface area (Å²) in [5.74, 6) is 0.570. The Morgan fingerprint density at radius 1 is 1.00 bits per heavy atom. The van der Waals surface area contributed by atoms with Crippen LogP contribution in [-0.4, -0.2) is 47.1 Å². The number of piperidine rings is 1. The van der Waals surface area contributed by atoms with Gasteiger partial charge < -0.3 is 9.80 Å². The van der Waals surface area contributed by atoms with Gasteiger partial charge in [0, 0.05) is 30.8 Å². The van der Waals surface area contributed by atoms with E-state index in [0.29, 0.717) is 23.1 Å². The average Bonchev–Trinajstić information content (AvgIpc) is 3.28. The van der Waals surface area contributed by atoms with E-state index in [9.17, 15) is 18.4 Å². The van der Waals surface area contributed by atoms with Gasteiger partial charge in [-0.2, -0.15) is 18.4 Å². The van der Waals surface area contributed by atoms with Gasteiger partial charge >= 0.3 is 6.18 Å². The first-order valence-corrected chi connectivity index (χ1v) is 9.90. The number of hydrogen-bond donors (Lipinski definition) is 0. The molecule has 8 heteroatoms. The first-order valence-electron chi connectivity index (χ1n) is 9.90. The molecule has 1 aromatic carbocycles. The number of rotatable bonds is 3. The van der Waals surface area contributed by atoms with Gasteiger partial charge in [0.05, 0.1) is 11.3 Å². The van der Waals surface area contributed by atoms with Crippen molar-refractivity contribution in [3.8, 4) is 17.3 Å². The van der Waals surface area contributed by atoms with Gasteiger partial charge in [0.1, 0.15) is 11.9 Å². The van der Waals surface area contributed by atoms with Crippen LogP contribution in [0.15, 0.2) is 30.3 Å². The zero-order valence-electron chi connectivity index (χ0n) is 16.0. The topological polar surface area (TPSA) is 56.1 Å². The molecular formula is C21H22F3N5. The Labute approximate surface area is 167 Å². The molecule has 5 nitrogen and oxygen atoms in total. The molecule has 4 rings (SSSR count). The molecule has 0 saturated carbocycles. The number of benzene rings is 1. The maximum absolute atomic E-state index is 13.1. The van der Waals surface area contributed by atoms with Crippen molar-refractivity contribution >= 4 is 5.82 Å². The van der Waals surface area contributed by atoms with Gasteiger partial charge in [0.25, 0.3) is 0 Å². The molecule has 0 unspecified atom stereocenters. The number of alkyl halides is 3. The summed E-state index contributed by atoms with van der Waals surface area (Å²) in [6, 6.07) is 9.22. The minimum atomic E-state index is -4.43. The highest BCUT2D eigenvalue weighted by Gasteiger charge is 2.31. The van der Waals surface area contributed by atoms with E-state index < -0.39 is 11.7 Å². The van der Waals surface area contributed by atoms with E-state index in [2.05, 4.69) is 19.8 Å². The fourth-order valence-electron chi connectivity index (χ4n) is 4.22. The third-order valence-corrected chi connectivity index (χ3v) is 5.74. The molecule has 1 aromatic heterocycles. The van der Waals surface area contributed by atoms with Crippen LogP contribution in [0.1, 0.15) is 37.1 Å². The molecule has 2 aliphatic heterocycles. The molecule has 2 saturated heterocycles. The Morgan fingerprint density at radius 3 is 2.38 bits per heavy atom. The normalized spacial score (nSPS) is 18.8. The Kier molecular flexibility index (Phi) is 5.41. The fraction of sp³-hybridized carbons (Fsp3) is 0.476. The van der Waals surface area contributed by atoms with Gasteiger partial charge in [0.15, 0.2) is 0 Å². The first kappa shape index (κ1) is 19.6. The highest BCUT2D eigenvalue weighted by atomic mass is 19.4. The van der Waals surface area contributed by atoms with Crippen LogP contribution in [0.5, 0.6) is 0 Å². The lowest BCUT2D eigenvalue weighted by Crippen LogP contribution is -2.44. The maximum atomic E-state index is 13.1. The molecule has 0 aliphatic carbocycles. The van der Waals surface area contributed by atoms with Crippen LogP contribution in [0, 0.1) is 11.3 Å². The highest BCUT2D eigenvalue weighted by Crippen LogP contribution is 2.33. The summed E-state index contributed by atoms with van der Waals surface area (Å²) in [4.78, 5) is 13.1. The molecule has 0 bridgehead atoms. The molecule has 0 N–H and O–H groups in total. The predicted octanol–water partition coefficient (Wildman–Crippen LogP) is 4.10. The van der Waals surface area contributed by atoms with Gasteiger partial charge in [-0.15, -0.1) is 0 Å². The predicted molar refractivity (Wildman–Crippen MR) is 103 cm³/mol. The van der Waals surface area contributed by atoms with Crippen molar-refractivity contribution in [2.24, 2.45) is 0 Å². The second-order valence-electron chi connectivity index (χ2n) is 7.59. The molecule has 0 radical (unpaired) electrons. The summed E-state index contributed by atoms with van der Waals surface area (Å²) in [6.45, 7) is 3.95. The second kappa shape index (κ2) is 7.99. The van der Waals surface area contributed by atoms with Crippen LogP contribution in [0.25, 0.3) is 11.3 Å². The number of anilines is 1. The van der Waals surface area contributed by atoms with Crippen molar-refractivity contribution in [3.05, 3.63) is 41.7 Å². The van der Waals surface area contributed by atoms with E-state index in [1.165, 1.54) is 18.9 Å². The van der Waals surface area contributed by atoms with Crippen LogP contribution in [0.2, 0.25) is 0 Å². The lowest BCUT2D eigenvalue weighted by atomic mass is 10.0. The minimum absolute atomic E-state index is 0.0309. The van der Waals surface area contributed by atoms with Crippen molar-refractivity contribution < 1.29 is 13.2 Å². The van der Waals surface area contributed by atoms with Crippen molar-refractivity contribution in [2.75, 3.05) is 31.1 Å². The van der Waals surface area contributed by atoms with E-state index in [4.69, 9.17) is 0 Å². The Bertz CT molecular complexity index is 907. The maximum Gasteiger partial charge on any atom is 0.416 e. The molecule has 0 spiro atoms. The van der Waals surface area contributed by atoms with Crippen molar-refractivity contribution in [3.63, 3.8) is 0 Å². The molecule has 3 heterocycles. The van der Waals surface area contributed by atoms with Crippen molar-refractivity contribution in [2.45, 2.75) is 37.9 Å². The SMILES string of the molecule is N#Cc1nc(-c2cccc(C(F)(F)F)c2)cc(N2CCC(N3CCCC3)CC2)n1. The van der Waals surface area contributed by atoms with Crippen LogP contribution in [0.3, 0.4) is 0 Å². The lowest BCUT2D eigenvalue weighted by molar-refractivity contribution is -0.137. The molecule has 2 aromatic rings. The number of likely N-dealkylation sites (tertiary alicyclic amines) is 1. The average molecular weight is 401 g/mol. The van der Waals surface area contributed by atoms with E-state index >= 15 is 0 Å². The standard InChI is InChI=1S/C21H22F3N5/c22-21(23,24)16-5-3-4-15(12-16)18-13-20(27-19(14-25)26-18)29-10-6-17(7-11-29)28-8-1-2-9-28/h3-5,12-13,17H,1-2,6-11H2. The van der Waals surface area contributed by atoms with E-state index in [-0.39, 0.29) is 5.82 Å². The van der Waals surface area contributed by atoms with Gasteiger partial charge in [0.2, 0.25) is 5.82 Å². The molecule has 2 fully saturated rings. The third-order valence-electron chi connectivity index (χ3n) is 5.74. The number of nitrogens with zero attached hydrogens (tertiary/aromatic N) is 5. The molecule has 0 atom stereocenters. The van der Waals surface area contributed by atoms with Crippen LogP contribution in [-0.2, 0) is 6.18 Å². The van der Waals surface area contributed by atoms with Crippen molar-refractivity contribution in [1.82, 2.24) is 14.9 Å². The summed E-state index contributed by atoms with van der Waals surface area (Å²) in [7, 11) is 0. The largest absolute Gasteiger partial charge is 0.416 e.